The van der Waals surface area contributed by atoms with Crippen LogP contribution >= 0.6 is 38.5 Å². The van der Waals surface area contributed by atoms with E-state index in [1.165, 1.54) is 0 Å². The van der Waals surface area contributed by atoms with Crippen LogP contribution in [0.2, 0.25) is 0 Å². The minimum atomic E-state index is -0.156. The van der Waals surface area contributed by atoms with Gasteiger partial charge in [-0.1, -0.05) is 0 Å². The molecular weight excluding hydrogens is 447 g/mol. The Hall–Kier alpha value is -1.12. The van der Waals surface area contributed by atoms with Crippen LogP contribution in [-0.2, 0) is 0 Å². The number of amides is 1. The summed E-state index contributed by atoms with van der Waals surface area (Å²) in [7, 11) is 0. The number of carbonyl (C=O) groups excluding carboxylic acids is 1. The number of rotatable bonds is 5. The van der Waals surface area contributed by atoms with Gasteiger partial charge in [0.05, 0.1) is 5.56 Å². The largest absolute Gasteiger partial charge is 0.492 e. The van der Waals surface area contributed by atoms with Gasteiger partial charge in [-0.3, -0.25) is 4.79 Å². The van der Waals surface area contributed by atoms with E-state index in [2.05, 4.69) is 43.8 Å². The second-order valence-corrected chi connectivity index (χ2v) is 6.34. The average molecular weight is 461 g/mol. The van der Waals surface area contributed by atoms with Crippen molar-refractivity contribution >= 4 is 50.1 Å². The molecule has 0 unspecified atom stereocenters. The van der Waals surface area contributed by atoms with Crippen LogP contribution in [0.3, 0.4) is 0 Å². The van der Waals surface area contributed by atoms with Gasteiger partial charge < -0.3 is 15.8 Å². The van der Waals surface area contributed by atoms with Crippen LogP contribution in [0.25, 0.3) is 0 Å². The molecule has 2 aromatic carbocycles. The quantitative estimate of drug-likeness (QED) is 0.669. The number of nitrogens with one attached hydrogen (secondary N) is 1. The van der Waals surface area contributed by atoms with Gasteiger partial charge in [-0.2, -0.15) is 0 Å². The maximum absolute atomic E-state index is 12.3. The lowest BCUT2D eigenvalue weighted by atomic mass is 10.2. The zero-order valence-electron chi connectivity index (χ0n) is 11.1. The van der Waals surface area contributed by atoms with Crippen LogP contribution < -0.4 is 15.8 Å². The summed E-state index contributed by atoms with van der Waals surface area (Å²) < 4.78 is 7.16. The van der Waals surface area contributed by atoms with Gasteiger partial charge in [-0.25, -0.2) is 0 Å². The molecule has 2 rings (SSSR count). The van der Waals surface area contributed by atoms with E-state index in [9.17, 15) is 4.79 Å². The molecule has 21 heavy (non-hydrogen) atoms. The monoisotopic (exact) mass is 460 g/mol. The molecule has 0 heterocycles. The molecule has 0 radical (unpaired) electrons. The molecule has 0 saturated carbocycles. The standard InChI is InChI=1S/C15H14BrIN2O2/c16-14-6-1-10(17)9-13(14)15(20)19-11-2-4-12(5-3-11)21-8-7-18/h1-6,9H,7-8,18H2,(H,19,20). The molecular formula is C15H14BrIN2O2. The van der Waals surface area contributed by atoms with Crippen molar-refractivity contribution in [2.75, 3.05) is 18.5 Å². The van der Waals surface area contributed by atoms with Crippen LogP contribution in [0.5, 0.6) is 5.75 Å². The van der Waals surface area contributed by atoms with Gasteiger partial charge in [-0.15, -0.1) is 0 Å². The Labute approximate surface area is 145 Å². The molecule has 4 nitrogen and oxygen atoms in total. The molecule has 6 heteroatoms. The van der Waals surface area contributed by atoms with Gasteiger partial charge in [0.25, 0.3) is 5.91 Å². The molecule has 1 amide bonds. The Morgan fingerprint density at radius 3 is 2.62 bits per heavy atom. The van der Waals surface area contributed by atoms with Crippen molar-refractivity contribution < 1.29 is 9.53 Å². The van der Waals surface area contributed by atoms with Crippen LogP contribution in [0.4, 0.5) is 5.69 Å². The van der Waals surface area contributed by atoms with Gasteiger partial charge in [-0.05, 0) is 81.0 Å². The first-order valence-corrected chi connectivity index (χ1v) is 8.16. The average Bonchev–Trinajstić information content (AvgIpc) is 2.49. The number of nitrogens with two attached hydrogens (primary N) is 1. The number of benzene rings is 2. The predicted octanol–water partition coefficient (Wildman–Crippen LogP) is 3.64. The van der Waals surface area contributed by atoms with Gasteiger partial charge in [0.2, 0.25) is 0 Å². The second kappa shape index (κ2) is 7.77. The topological polar surface area (TPSA) is 64.3 Å². The van der Waals surface area contributed by atoms with Crippen molar-refractivity contribution in [1.82, 2.24) is 0 Å². The molecule has 0 aliphatic heterocycles. The summed E-state index contributed by atoms with van der Waals surface area (Å²) in [5.41, 5.74) is 6.69. The SMILES string of the molecule is NCCOc1ccc(NC(=O)c2cc(I)ccc2Br)cc1. The fraction of sp³-hybridized carbons (Fsp3) is 0.133. The molecule has 0 atom stereocenters. The van der Waals surface area contributed by atoms with E-state index in [1.807, 2.05) is 18.2 Å². The van der Waals surface area contributed by atoms with Crippen LogP contribution in [-0.4, -0.2) is 19.1 Å². The number of ether oxygens (including phenoxy) is 1. The van der Waals surface area contributed by atoms with Crippen LogP contribution in [0.1, 0.15) is 10.4 Å². The lowest BCUT2D eigenvalue weighted by Crippen LogP contribution is -2.13. The molecule has 0 saturated heterocycles. The van der Waals surface area contributed by atoms with Gasteiger partial charge >= 0.3 is 0 Å². The third-order valence-electron chi connectivity index (χ3n) is 2.67. The van der Waals surface area contributed by atoms with Crippen LogP contribution in [0, 0.1) is 3.57 Å². The Kier molecular flexibility index (Phi) is 6.01. The highest BCUT2D eigenvalue weighted by atomic mass is 127. The molecule has 0 bridgehead atoms. The predicted molar refractivity (Wildman–Crippen MR) is 95.8 cm³/mol. The summed E-state index contributed by atoms with van der Waals surface area (Å²) >= 11 is 5.56. The van der Waals surface area contributed by atoms with E-state index in [0.29, 0.717) is 24.4 Å². The van der Waals surface area contributed by atoms with Gasteiger partial charge in [0.1, 0.15) is 12.4 Å². The lowest BCUT2D eigenvalue weighted by molar-refractivity contribution is 0.102. The van der Waals surface area contributed by atoms with E-state index >= 15 is 0 Å². The Morgan fingerprint density at radius 1 is 1.24 bits per heavy atom. The van der Waals surface area contributed by atoms with Crippen molar-refractivity contribution in [3.8, 4) is 5.75 Å². The van der Waals surface area contributed by atoms with Gasteiger partial charge in [0.15, 0.2) is 0 Å². The number of carbonyl (C=O) groups is 1. The molecule has 3 N–H and O–H groups in total. The minimum absolute atomic E-state index is 0.156. The summed E-state index contributed by atoms with van der Waals surface area (Å²) in [6, 6.07) is 12.8. The molecule has 0 aliphatic rings. The molecule has 2 aromatic rings. The number of hydrogen-bond donors (Lipinski definition) is 2. The summed E-state index contributed by atoms with van der Waals surface area (Å²) in [4.78, 5) is 12.3. The first-order chi connectivity index (χ1) is 10.1. The summed E-state index contributed by atoms with van der Waals surface area (Å²) in [6.45, 7) is 0.945. The van der Waals surface area contributed by atoms with E-state index in [1.54, 1.807) is 24.3 Å². The van der Waals surface area contributed by atoms with Crippen molar-refractivity contribution in [1.29, 1.82) is 0 Å². The van der Waals surface area contributed by atoms with E-state index < -0.39 is 0 Å². The normalized spacial score (nSPS) is 10.2. The number of hydrogen-bond acceptors (Lipinski definition) is 3. The van der Waals surface area contributed by atoms with E-state index in [4.69, 9.17) is 10.5 Å². The lowest BCUT2D eigenvalue weighted by Gasteiger charge is -2.09. The highest BCUT2D eigenvalue weighted by molar-refractivity contribution is 14.1. The van der Waals surface area contributed by atoms with Crippen LogP contribution in [0.15, 0.2) is 46.9 Å². The van der Waals surface area contributed by atoms with Crippen molar-refractivity contribution in [3.05, 3.63) is 56.1 Å². The number of halogens is 2. The molecule has 0 aliphatic carbocycles. The highest BCUT2D eigenvalue weighted by Crippen LogP contribution is 2.22. The summed E-state index contributed by atoms with van der Waals surface area (Å²) in [5, 5.41) is 2.86. The number of anilines is 1. The first kappa shape index (κ1) is 16.3. The third-order valence-corrected chi connectivity index (χ3v) is 4.03. The summed E-state index contributed by atoms with van der Waals surface area (Å²) in [5.74, 6) is 0.574. The second-order valence-electron chi connectivity index (χ2n) is 4.24. The fourth-order valence-electron chi connectivity index (χ4n) is 1.68. The van der Waals surface area contributed by atoms with E-state index in [-0.39, 0.29) is 5.91 Å². The first-order valence-electron chi connectivity index (χ1n) is 6.29. The van der Waals surface area contributed by atoms with E-state index in [0.717, 1.165) is 13.8 Å². The Morgan fingerprint density at radius 2 is 1.95 bits per heavy atom. The molecule has 0 fully saturated rings. The van der Waals surface area contributed by atoms with Gasteiger partial charge in [0, 0.05) is 20.3 Å². The fourth-order valence-corrected chi connectivity index (χ4v) is 2.60. The Bertz CT molecular complexity index is 632. The third kappa shape index (κ3) is 4.69. The molecule has 0 aromatic heterocycles. The maximum Gasteiger partial charge on any atom is 0.256 e. The maximum atomic E-state index is 12.3. The van der Waals surface area contributed by atoms with Crippen molar-refractivity contribution in [2.24, 2.45) is 5.73 Å². The van der Waals surface area contributed by atoms with Crippen molar-refractivity contribution in [3.63, 3.8) is 0 Å². The van der Waals surface area contributed by atoms with Crippen molar-refractivity contribution in [2.45, 2.75) is 0 Å². The molecule has 0 spiro atoms. The smallest absolute Gasteiger partial charge is 0.256 e. The highest BCUT2D eigenvalue weighted by Gasteiger charge is 2.10. The Balaban J connectivity index is 2.07. The summed E-state index contributed by atoms with van der Waals surface area (Å²) in [6.07, 6.45) is 0. The minimum Gasteiger partial charge on any atom is -0.492 e. The zero-order valence-corrected chi connectivity index (χ0v) is 14.8. The molecule has 110 valence electrons. The zero-order chi connectivity index (χ0) is 15.2.